The number of hydrogen-bond acceptors (Lipinski definition) is 7. The molecule has 3 amide bonds. The summed E-state index contributed by atoms with van der Waals surface area (Å²) >= 11 is 1.32. The molecule has 13 heteroatoms. The first-order valence-corrected chi connectivity index (χ1v) is 15.8. The second-order valence-corrected chi connectivity index (χ2v) is 12.1. The number of amides is 3. The molecule has 11 nitrogen and oxygen atoms in total. The lowest BCUT2D eigenvalue weighted by molar-refractivity contribution is -0.134. The van der Waals surface area contributed by atoms with Crippen molar-refractivity contribution in [3.63, 3.8) is 0 Å². The Bertz CT molecular complexity index is 1390. The van der Waals surface area contributed by atoms with Crippen LogP contribution in [-0.4, -0.2) is 81.3 Å². The van der Waals surface area contributed by atoms with Crippen molar-refractivity contribution in [2.24, 2.45) is 0 Å². The van der Waals surface area contributed by atoms with Crippen LogP contribution in [0.2, 0.25) is 0 Å². The maximum Gasteiger partial charge on any atom is 0.409 e. The van der Waals surface area contributed by atoms with Crippen LogP contribution < -0.4 is 10.6 Å². The van der Waals surface area contributed by atoms with Gasteiger partial charge in [-0.2, -0.15) is 0 Å². The normalized spacial score (nSPS) is 14.4. The van der Waals surface area contributed by atoms with Crippen LogP contribution in [0.15, 0.2) is 60.0 Å². The predicted octanol–water partition coefficient (Wildman–Crippen LogP) is 3.04. The minimum atomic E-state index is -4.42. The van der Waals surface area contributed by atoms with Gasteiger partial charge in [-0.15, -0.1) is 11.3 Å². The standard InChI is InChI=1S/C28H33N4O7PS/c1-2-3-17-39-28(35)32-15-13-31(14-16-32)27(34)23(18-20-9-11-22(12-10-20)40(36,37)38)29-25(33)24-19-41-26(30-24)21-7-5-4-6-8-21/h4-12,19,23H,2-3,13-18H2,1H3,(H,29,33)(H2,36,37,38)/t23-/m0/s1. The third-order valence-corrected chi connectivity index (χ3v) is 8.51. The molecule has 3 N–H and O–H groups in total. The number of nitrogens with zero attached hydrogens (tertiary/aromatic N) is 3. The van der Waals surface area contributed by atoms with Gasteiger partial charge in [-0.1, -0.05) is 55.8 Å². The lowest BCUT2D eigenvalue weighted by Crippen LogP contribution is -2.56. The number of carbonyl (C=O) groups is 3. The molecule has 1 aliphatic heterocycles. The quantitative estimate of drug-likeness (QED) is 0.238. The zero-order valence-corrected chi connectivity index (χ0v) is 24.4. The molecular weight excluding hydrogens is 567 g/mol. The molecular formula is C28H33N4O7PS. The van der Waals surface area contributed by atoms with Crippen LogP contribution in [0.5, 0.6) is 0 Å². The van der Waals surface area contributed by atoms with Gasteiger partial charge >= 0.3 is 13.7 Å². The van der Waals surface area contributed by atoms with Crippen molar-refractivity contribution in [1.29, 1.82) is 0 Å². The van der Waals surface area contributed by atoms with Crippen LogP contribution in [0.4, 0.5) is 4.79 Å². The number of hydrogen-bond donors (Lipinski definition) is 3. The molecule has 41 heavy (non-hydrogen) atoms. The Morgan fingerprint density at radius 1 is 1.02 bits per heavy atom. The van der Waals surface area contributed by atoms with Crippen molar-refractivity contribution >= 4 is 42.1 Å². The first kappa shape index (κ1) is 30.4. The highest BCUT2D eigenvalue weighted by Crippen LogP contribution is 2.33. The molecule has 4 rings (SSSR count). The molecule has 0 aliphatic carbocycles. The summed E-state index contributed by atoms with van der Waals surface area (Å²) in [6.45, 7) is 3.53. The molecule has 3 aromatic rings. The first-order valence-electron chi connectivity index (χ1n) is 13.3. The smallest absolute Gasteiger partial charge is 0.409 e. The number of thiazole rings is 1. The minimum absolute atomic E-state index is 0.0982. The first-order chi connectivity index (χ1) is 19.7. The molecule has 1 fully saturated rings. The van der Waals surface area contributed by atoms with Crippen LogP contribution >= 0.6 is 18.9 Å². The number of benzene rings is 2. The minimum Gasteiger partial charge on any atom is -0.449 e. The fourth-order valence-corrected chi connectivity index (χ4v) is 5.65. The van der Waals surface area contributed by atoms with Gasteiger partial charge in [-0.25, -0.2) is 9.78 Å². The molecule has 0 bridgehead atoms. The molecule has 218 valence electrons. The number of unbranched alkanes of at least 4 members (excludes halogenated alkanes) is 1. The zero-order valence-electron chi connectivity index (χ0n) is 22.6. The van der Waals surface area contributed by atoms with Gasteiger partial charge in [0, 0.05) is 43.5 Å². The lowest BCUT2D eigenvalue weighted by atomic mass is 10.0. The number of rotatable bonds is 10. The van der Waals surface area contributed by atoms with E-state index >= 15 is 0 Å². The van der Waals surface area contributed by atoms with Gasteiger partial charge in [0.2, 0.25) is 5.91 Å². The number of aromatic nitrogens is 1. The number of piperazine rings is 1. The van der Waals surface area contributed by atoms with Gasteiger partial charge in [0.15, 0.2) is 0 Å². The summed E-state index contributed by atoms with van der Waals surface area (Å²) in [5, 5.41) is 4.99. The molecule has 0 saturated carbocycles. The summed E-state index contributed by atoms with van der Waals surface area (Å²) in [6, 6.07) is 14.2. The Labute approximate surface area is 242 Å². The fourth-order valence-electron chi connectivity index (χ4n) is 4.31. The van der Waals surface area contributed by atoms with Gasteiger partial charge in [0.25, 0.3) is 5.91 Å². The van der Waals surface area contributed by atoms with E-state index in [1.165, 1.54) is 35.6 Å². The summed E-state index contributed by atoms with van der Waals surface area (Å²) in [4.78, 5) is 65.6. The van der Waals surface area contributed by atoms with Crippen molar-refractivity contribution in [1.82, 2.24) is 20.1 Å². The van der Waals surface area contributed by atoms with Crippen molar-refractivity contribution in [2.45, 2.75) is 32.2 Å². The summed E-state index contributed by atoms with van der Waals surface area (Å²) in [5.41, 5.74) is 1.67. The molecule has 1 aliphatic rings. The van der Waals surface area contributed by atoms with Crippen molar-refractivity contribution in [2.75, 3.05) is 32.8 Å². The van der Waals surface area contributed by atoms with Crippen LogP contribution in [0, 0.1) is 0 Å². The molecule has 2 heterocycles. The third-order valence-electron chi connectivity index (χ3n) is 6.65. The number of ether oxygens (including phenoxy) is 1. The average Bonchev–Trinajstić information content (AvgIpc) is 3.48. The predicted molar refractivity (Wildman–Crippen MR) is 155 cm³/mol. The fraction of sp³-hybridized carbons (Fsp3) is 0.357. The van der Waals surface area contributed by atoms with E-state index in [0.29, 0.717) is 30.3 Å². The molecule has 1 saturated heterocycles. The van der Waals surface area contributed by atoms with E-state index in [4.69, 9.17) is 4.74 Å². The van der Waals surface area contributed by atoms with Crippen molar-refractivity contribution < 1.29 is 33.5 Å². The monoisotopic (exact) mass is 600 g/mol. The Kier molecular flexibility index (Phi) is 10.3. The Balaban J connectivity index is 1.47. The maximum absolute atomic E-state index is 13.6. The topological polar surface area (TPSA) is 149 Å². The highest BCUT2D eigenvalue weighted by atomic mass is 32.1. The van der Waals surface area contributed by atoms with Gasteiger partial charge in [0.1, 0.15) is 16.7 Å². The van der Waals surface area contributed by atoms with Crippen LogP contribution in [-0.2, 0) is 20.5 Å². The Morgan fingerprint density at radius 2 is 1.68 bits per heavy atom. The van der Waals surface area contributed by atoms with E-state index in [9.17, 15) is 28.7 Å². The van der Waals surface area contributed by atoms with E-state index < -0.39 is 25.6 Å². The molecule has 0 spiro atoms. The van der Waals surface area contributed by atoms with E-state index in [2.05, 4.69) is 10.3 Å². The molecule has 1 atom stereocenters. The van der Waals surface area contributed by atoms with Gasteiger partial charge in [-0.3, -0.25) is 14.2 Å². The summed E-state index contributed by atoms with van der Waals surface area (Å²) in [7, 11) is -4.42. The Hall–Kier alpha value is -3.57. The van der Waals surface area contributed by atoms with Crippen molar-refractivity contribution in [3.05, 3.63) is 71.2 Å². The summed E-state index contributed by atoms with van der Waals surface area (Å²) < 4.78 is 16.8. The second-order valence-electron chi connectivity index (χ2n) is 9.62. The molecule has 0 radical (unpaired) electrons. The summed E-state index contributed by atoms with van der Waals surface area (Å²) in [5.74, 6) is -0.832. The molecule has 2 aromatic carbocycles. The van der Waals surface area contributed by atoms with E-state index in [1.807, 2.05) is 37.3 Å². The van der Waals surface area contributed by atoms with Crippen LogP contribution in [0.3, 0.4) is 0 Å². The van der Waals surface area contributed by atoms with Crippen molar-refractivity contribution in [3.8, 4) is 10.6 Å². The van der Waals surface area contributed by atoms with Gasteiger partial charge < -0.3 is 29.6 Å². The van der Waals surface area contributed by atoms with Gasteiger partial charge in [-0.05, 0) is 24.1 Å². The number of carbonyl (C=O) groups excluding carboxylic acids is 3. The summed E-state index contributed by atoms with van der Waals surface area (Å²) in [6.07, 6.45) is 1.39. The SMILES string of the molecule is CCCCOC(=O)N1CCN(C(=O)[C@H](Cc2ccc(P(=O)(O)O)cc2)NC(=O)c2csc(-c3ccccc3)n2)CC1. The average molecular weight is 601 g/mol. The zero-order chi connectivity index (χ0) is 29.4. The number of nitrogens with one attached hydrogen (secondary N) is 1. The Morgan fingerprint density at radius 3 is 2.32 bits per heavy atom. The largest absolute Gasteiger partial charge is 0.449 e. The molecule has 0 unspecified atom stereocenters. The van der Waals surface area contributed by atoms with Crippen LogP contribution in [0.1, 0.15) is 35.8 Å². The second kappa shape index (κ2) is 13.9. The highest BCUT2D eigenvalue weighted by molar-refractivity contribution is 7.60. The van der Waals surface area contributed by atoms with Gasteiger partial charge in [0.05, 0.1) is 11.9 Å². The maximum atomic E-state index is 13.6. The van der Waals surface area contributed by atoms with E-state index in [0.717, 1.165) is 18.4 Å². The highest BCUT2D eigenvalue weighted by Gasteiger charge is 2.31. The third kappa shape index (κ3) is 8.23. The van der Waals surface area contributed by atoms with E-state index in [1.54, 1.807) is 15.2 Å². The van der Waals surface area contributed by atoms with E-state index in [-0.39, 0.29) is 36.4 Å². The molecule has 1 aromatic heterocycles. The van der Waals surface area contributed by atoms with Crippen LogP contribution in [0.25, 0.3) is 10.6 Å². The lowest BCUT2D eigenvalue weighted by Gasteiger charge is -2.36.